The minimum Gasteiger partial charge on any atom is -0.297 e. The van der Waals surface area contributed by atoms with Crippen LogP contribution in [0, 0.1) is 13.8 Å². The minimum atomic E-state index is 0.255. The molecule has 0 aromatic heterocycles. The molecule has 14 heavy (non-hydrogen) atoms. The molecule has 1 rings (SSSR count). The van der Waals surface area contributed by atoms with Crippen molar-refractivity contribution in [2.75, 3.05) is 13.1 Å². The summed E-state index contributed by atoms with van der Waals surface area (Å²) in [7, 11) is 0. The maximum absolute atomic E-state index is 4.19. The van der Waals surface area contributed by atoms with Crippen molar-refractivity contribution in [3.63, 3.8) is 0 Å². The molecule has 0 spiro atoms. The minimum absolute atomic E-state index is 0.255. The van der Waals surface area contributed by atoms with Gasteiger partial charge in [-0.2, -0.15) is 0 Å². The van der Waals surface area contributed by atoms with E-state index in [1.165, 1.54) is 5.56 Å². The molecule has 0 fully saturated rings. The fraction of sp³-hybridized carbons (Fsp3) is 0.385. The Balaban J connectivity index is 2.77. The molecule has 1 aromatic rings. The summed E-state index contributed by atoms with van der Waals surface area (Å²) in [5.41, 5.74) is 2.32. The first kappa shape index (κ1) is 11.3. The summed E-state index contributed by atoms with van der Waals surface area (Å²) in [6.07, 6.45) is 0. The quantitative estimate of drug-likeness (QED) is 0.703. The second-order valence-electron chi connectivity index (χ2n) is 3.48. The summed E-state index contributed by atoms with van der Waals surface area (Å²) < 4.78 is 0. The van der Waals surface area contributed by atoms with Crippen LogP contribution in [0.15, 0.2) is 24.3 Å². The molecule has 1 aromatic carbocycles. The van der Waals surface area contributed by atoms with E-state index in [2.05, 4.69) is 44.7 Å². The monoisotopic (exact) mass is 189 g/mol. The third kappa shape index (κ3) is 2.58. The van der Waals surface area contributed by atoms with Crippen molar-refractivity contribution < 1.29 is 0 Å². The maximum atomic E-state index is 4.19. The molecule has 76 valence electrons. The topological polar surface area (TPSA) is 3.24 Å². The lowest BCUT2D eigenvalue weighted by atomic mass is 10.1. The van der Waals surface area contributed by atoms with Crippen molar-refractivity contribution in [2.45, 2.75) is 19.9 Å². The Kier molecular flexibility index (Phi) is 4.15. The van der Waals surface area contributed by atoms with Crippen LogP contribution in [0.5, 0.6) is 0 Å². The Hall–Kier alpha value is -0.820. The van der Waals surface area contributed by atoms with Crippen LogP contribution in [-0.4, -0.2) is 18.0 Å². The summed E-state index contributed by atoms with van der Waals surface area (Å²) in [6, 6.07) is 8.55. The lowest BCUT2D eigenvalue weighted by molar-refractivity contribution is 0.255. The predicted octanol–water partition coefficient (Wildman–Crippen LogP) is 3.09. The third-order valence-electron chi connectivity index (χ3n) is 2.62. The fourth-order valence-corrected chi connectivity index (χ4v) is 1.61. The largest absolute Gasteiger partial charge is 0.297 e. The van der Waals surface area contributed by atoms with Crippen molar-refractivity contribution in [3.05, 3.63) is 49.2 Å². The highest BCUT2D eigenvalue weighted by Gasteiger charge is 2.11. The van der Waals surface area contributed by atoms with Crippen molar-refractivity contribution >= 4 is 0 Å². The van der Waals surface area contributed by atoms with Crippen LogP contribution in [0.1, 0.15) is 31.0 Å². The van der Waals surface area contributed by atoms with E-state index in [4.69, 9.17) is 0 Å². The van der Waals surface area contributed by atoms with Crippen molar-refractivity contribution in [1.29, 1.82) is 0 Å². The van der Waals surface area contributed by atoms with Crippen LogP contribution in [0.25, 0.3) is 0 Å². The first-order chi connectivity index (χ1) is 6.69. The van der Waals surface area contributed by atoms with Crippen molar-refractivity contribution in [3.8, 4) is 0 Å². The Morgan fingerprint density at radius 1 is 1.14 bits per heavy atom. The number of hydrogen-bond acceptors (Lipinski definition) is 1. The van der Waals surface area contributed by atoms with E-state index in [0.717, 1.165) is 18.7 Å². The van der Waals surface area contributed by atoms with Gasteiger partial charge in [0, 0.05) is 6.04 Å². The van der Waals surface area contributed by atoms with Gasteiger partial charge in [0.25, 0.3) is 0 Å². The standard InChI is InChI=1S/C13H19N/c1-5-14(6-2)12(4)13-9-7-11(3)8-10-13/h7-10,12H,3-6H2,1-2H3. The second-order valence-corrected chi connectivity index (χ2v) is 3.48. The Labute approximate surface area is 87.7 Å². The SMILES string of the molecule is [CH2]c1ccc(C([CH2])N(CC)CC)cc1. The van der Waals surface area contributed by atoms with E-state index < -0.39 is 0 Å². The molecule has 1 nitrogen and oxygen atoms in total. The van der Waals surface area contributed by atoms with E-state index in [0.29, 0.717) is 0 Å². The van der Waals surface area contributed by atoms with Gasteiger partial charge in [-0.3, -0.25) is 4.90 Å². The summed E-state index contributed by atoms with van der Waals surface area (Å²) in [5, 5.41) is 0. The zero-order valence-corrected chi connectivity index (χ0v) is 9.16. The molecule has 2 radical (unpaired) electrons. The Morgan fingerprint density at radius 3 is 2.07 bits per heavy atom. The van der Waals surface area contributed by atoms with Gasteiger partial charge < -0.3 is 0 Å². The van der Waals surface area contributed by atoms with Gasteiger partial charge in [0.15, 0.2) is 0 Å². The first-order valence-electron chi connectivity index (χ1n) is 5.18. The molecule has 0 N–H and O–H groups in total. The molecule has 0 heterocycles. The second kappa shape index (κ2) is 5.16. The molecular formula is C13H19N. The fourth-order valence-electron chi connectivity index (χ4n) is 1.61. The Morgan fingerprint density at radius 2 is 1.64 bits per heavy atom. The van der Waals surface area contributed by atoms with Gasteiger partial charge in [0.2, 0.25) is 0 Å². The molecule has 1 heteroatoms. The lowest BCUT2D eigenvalue weighted by Gasteiger charge is -2.26. The van der Waals surface area contributed by atoms with Crippen LogP contribution >= 0.6 is 0 Å². The smallest absolute Gasteiger partial charge is 0.0348 e. The van der Waals surface area contributed by atoms with Gasteiger partial charge in [-0.15, -0.1) is 0 Å². The molecule has 0 aliphatic rings. The van der Waals surface area contributed by atoms with E-state index >= 15 is 0 Å². The summed E-state index contributed by atoms with van der Waals surface area (Å²) in [5.74, 6) is 0. The summed E-state index contributed by atoms with van der Waals surface area (Å²) in [6.45, 7) is 14.5. The normalized spacial score (nSPS) is 13.2. The molecular weight excluding hydrogens is 170 g/mol. The number of hydrogen-bond donors (Lipinski definition) is 0. The molecule has 0 saturated heterocycles. The van der Waals surface area contributed by atoms with Crippen LogP contribution in [0.2, 0.25) is 0 Å². The van der Waals surface area contributed by atoms with Gasteiger partial charge >= 0.3 is 0 Å². The summed E-state index contributed by atoms with van der Waals surface area (Å²) >= 11 is 0. The molecule has 0 aliphatic carbocycles. The van der Waals surface area contributed by atoms with Gasteiger partial charge in [0.1, 0.15) is 0 Å². The third-order valence-corrected chi connectivity index (χ3v) is 2.62. The Bertz CT molecular complexity index is 259. The van der Waals surface area contributed by atoms with Crippen LogP contribution in [0.4, 0.5) is 0 Å². The molecule has 0 saturated carbocycles. The molecule has 0 amide bonds. The first-order valence-corrected chi connectivity index (χ1v) is 5.18. The van der Waals surface area contributed by atoms with E-state index in [1.54, 1.807) is 0 Å². The average Bonchev–Trinajstić information content (AvgIpc) is 2.20. The van der Waals surface area contributed by atoms with Crippen LogP contribution in [0.3, 0.4) is 0 Å². The number of rotatable bonds is 4. The van der Waals surface area contributed by atoms with Crippen LogP contribution < -0.4 is 0 Å². The van der Waals surface area contributed by atoms with Crippen molar-refractivity contribution in [2.24, 2.45) is 0 Å². The van der Waals surface area contributed by atoms with Gasteiger partial charge in [-0.25, -0.2) is 0 Å². The molecule has 1 atom stereocenters. The molecule has 1 unspecified atom stereocenters. The van der Waals surface area contributed by atoms with E-state index in [-0.39, 0.29) is 6.04 Å². The predicted molar refractivity (Wildman–Crippen MR) is 61.9 cm³/mol. The summed E-state index contributed by atoms with van der Waals surface area (Å²) in [4.78, 5) is 2.33. The highest BCUT2D eigenvalue weighted by Crippen LogP contribution is 2.19. The highest BCUT2D eigenvalue weighted by molar-refractivity contribution is 5.27. The average molecular weight is 189 g/mol. The van der Waals surface area contributed by atoms with Crippen LogP contribution in [-0.2, 0) is 0 Å². The zero-order chi connectivity index (χ0) is 10.6. The zero-order valence-electron chi connectivity index (χ0n) is 9.16. The van der Waals surface area contributed by atoms with Crippen molar-refractivity contribution in [1.82, 2.24) is 4.90 Å². The number of nitrogens with zero attached hydrogens (tertiary/aromatic N) is 1. The maximum Gasteiger partial charge on any atom is 0.0348 e. The highest BCUT2D eigenvalue weighted by atomic mass is 15.1. The number of benzene rings is 1. The van der Waals surface area contributed by atoms with E-state index in [9.17, 15) is 0 Å². The van der Waals surface area contributed by atoms with E-state index in [1.807, 2.05) is 12.1 Å². The van der Waals surface area contributed by atoms with Gasteiger partial charge in [0.05, 0.1) is 0 Å². The van der Waals surface area contributed by atoms with Gasteiger partial charge in [-0.05, 0) is 38.1 Å². The molecule has 0 bridgehead atoms. The van der Waals surface area contributed by atoms with Gasteiger partial charge in [-0.1, -0.05) is 38.1 Å². The lowest BCUT2D eigenvalue weighted by Crippen LogP contribution is -2.26. The molecule has 0 aliphatic heterocycles.